The lowest BCUT2D eigenvalue weighted by Gasteiger charge is -2.22. The van der Waals surface area contributed by atoms with Crippen molar-refractivity contribution in [3.8, 4) is 5.69 Å². The number of hydrogen-bond donors (Lipinski definition) is 2. The molecule has 0 saturated carbocycles. The van der Waals surface area contributed by atoms with E-state index in [1.165, 1.54) is 7.11 Å². The molecule has 10 nitrogen and oxygen atoms in total. The van der Waals surface area contributed by atoms with E-state index in [9.17, 15) is 9.59 Å². The van der Waals surface area contributed by atoms with Crippen molar-refractivity contribution in [2.24, 2.45) is 0 Å². The minimum Gasteiger partial charge on any atom is -0.467 e. The molecule has 0 bridgehead atoms. The number of ether oxygens (including phenoxy) is 2. The van der Waals surface area contributed by atoms with E-state index in [1.54, 1.807) is 31.6 Å². The smallest absolute Gasteiger partial charge is 0.408 e. The summed E-state index contributed by atoms with van der Waals surface area (Å²) in [7, 11) is 1.28. The SMILES string of the molecule is COC(=O)[C@H](Cc1ccc(-n2cc(CNc3ccccn3)nn2)cc1)NC(=O)OC(C)(C)C. The first-order valence-electron chi connectivity index (χ1n) is 10.5. The summed E-state index contributed by atoms with van der Waals surface area (Å²) in [5.41, 5.74) is 1.74. The number of alkyl carbamates (subject to hydrolysis) is 1. The summed E-state index contributed by atoms with van der Waals surface area (Å²) in [6, 6.07) is 12.2. The first-order valence-corrected chi connectivity index (χ1v) is 10.5. The number of carbonyl (C=O) groups is 2. The van der Waals surface area contributed by atoms with Crippen LogP contribution in [-0.2, 0) is 27.2 Å². The standard InChI is InChI=1S/C23H28N6O4/c1-23(2,3)33-22(31)26-19(21(30)32-4)13-16-8-10-18(11-9-16)29-15-17(27-28-29)14-25-20-7-5-6-12-24-20/h5-12,15,19H,13-14H2,1-4H3,(H,24,25)(H,26,31)/t19-/m0/s1. The predicted molar refractivity (Wildman–Crippen MR) is 122 cm³/mol. The van der Waals surface area contributed by atoms with Gasteiger partial charge in [0.2, 0.25) is 0 Å². The number of hydrogen-bond acceptors (Lipinski definition) is 8. The van der Waals surface area contributed by atoms with Crippen LogP contribution in [0.3, 0.4) is 0 Å². The topological polar surface area (TPSA) is 120 Å². The number of rotatable bonds is 8. The Morgan fingerprint density at radius 3 is 2.52 bits per heavy atom. The second-order valence-electron chi connectivity index (χ2n) is 8.32. The van der Waals surface area contributed by atoms with Gasteiger partial charge in [-0.25, -0.2) is 19.3 Å². The maximum Gasteiger partial charge on any atom is 0.408 e. The first-order chi connectivity index (χ1) is 15.7. The van der Waals surface area contributed by atoms with Gasteiger partial charge in [0.05, 0.1) is 25.5 Å². The fraction of sp³-hybridized carbons (Fsp3) is 0.348. The fourth-order valence-electron chi connectivity index (χ4n) is 2.96. The molecule has 10 heteroatoms. The molecule has 33 heavy (non-hydrogen) atoms. The Labute approximate surface area is 192 Å². The summed E-state index contributed by atoms with van der Waals surface area (Å²) in [4.78, 5) is 28.5. The summed E-state index contributed by atoms with van der Waals surface area (Å²) in [6.45, 7) is 5.75. The molecule has 0 unspecified atom stereocenters. The highest BCUT2D eigenvalue weighted by molar-refractivity contribution is 5.81. The predicted octanol–water partition coefficient (Wildman–Crippen LogP) is 2.88. The van der Waals surface area contributed by atoms with E-state index in [1.807, 2.05) is 48.7 Å². The molecule has 0 radical (unpaired) electrons. The van der Waals surface area contributed by atoms with Gasteiger partial charge in [-0.2, -0.15) is 0 Å². The third kappa shape index (κ3) is 7.30. The van der Waals surface area contributed by atoms with Crippen LogP contribution in [0.5, 0.6) is 0 Å². The lowest BCUT2D eigenvalue weighted by Crippen LogP contribution is -2.45. The number of nitrogens with zero attached hydrogens (tertiary/aromatic N) is 4. The van der Waals surface area contributed by atoms with Crippen molar-refractivity contribution >= 4 is 17.9 Å². The van der Waals surface area contributed by atoms with Gasteiger partial charge in [0.1, 0.15) is 23.2 Å². The summed E-state index contributed by atoms with van der Waals surface area (Å²) in [6.07, 6.45) is 3.12. The van der Waals surface area contributed by atoms with Gasteiger partial charge in [-0.05, 0) is 50.6 Å². The zero-order valence-electron chi connectivity index (χ0n) is 19.1. The van der Waals surface area contributed by atoms with Crippen LogP contribution >= 0.6 is 0 Å². The number of pyridine rings is 1. The lowest BCUT2D eigenvalue weighted by molar-refractivity contribution is -0.143. The number of benzene rings is 1. The van der Waals surface area contributed by atoms with Gasteiger partial charge in [-0.3, -0.25) is 0 Å². The molecule has 3 rings (SSSR count). The minimum absolute atomic E-state index is 0.253. The molecule has 1 amide bonds. The van der Waals surface area contributed by atoms with Gasteiger partial charge in [0.15, 0.2) is 0 Å². The van der Waals surface area contributed by atoms with Crippen LogP contribution in [0.1, 0.15) is 32.0 Å². The van der Waals surface area contributed by atoms with Gasteiger partial charge >= 0.3 is 12.1 Å². The molecule has 1 atom stereocenters. The second-order valence-corrected chi connectivity index (χ2v) is 8.32. The molecule has 0 aliphatic heterocycles. The first kappa shape index (κ1) is 23.7. The molecule has 2 aromatic heterocycles. The van der Waals surface area contributed by atoms with Gasteiger partial charge in [0.25, 0.3) is 0 Å². The van der Waals surface area contributed by atoms with E-state index in [2.05, 4.69) is 25.9 Å². The van der Waals surface area contributed by atoms with Crippen LogP contribution in [0.25, 0.3) is 5.69 Å². The Morgan fingerprint density at radius 2 is 1.88 bits per heavy atom. The monoisotopic (exact) mass is 452 g/mol. The molecular formula is C23H28N6O4. The van der Waals surface area contributed by atoms with E-state index in [0.717, 1.165) is 22.8 Å². The Bertz CT molecular complexity index is 1060. The van der Waals surface area contributed by atoms with Gasteiger partial charge in [-0.15, -0.1) is 5.10 Å². The Kier molecular flexibility index (Phi) is 7.60. The zero-order valence-corrected chi connectivity index (χ0v) is 19.1. The summed E-state index contributed by atoms with van der Waals surface area (Å²) >= 11 is 0. The summed E-state index contributed by atoms with van der Waals surface area (Å²) < 4.78 is 11.7. The minimum atomic E-state index is -0.869. The number of aromatic nitrogens is 4. The van der Waals surface area contributed by atoms with E-state index < -0.39 is 23.7 Å². The van der Waals surface area contributed by atoms with Crippen molar-refractivity contribution in [1.29, 1.82) is 0 Å². The van der Waals surface area contributed by atoms with Crippen LogP contribution in [0.4, 0.5) is 10.6 Å². The van der Waals surface area contributed by atoms with Crippen molar-refractivity contribution in [3.63, 3.8) is 0 Å². The highest BCUT2D eigenvalue weighted by Gasteiger charge is 2.25. The second kappa shape index (κ2) is 10.6. The number of nitrogens with one attached hydrogen (secondary N) is 2. The normalized spacial score (nSPS) is 12.0. The van der Waals surface area contributed by atoms with E-state index >= 15 is 0 Å². The van der Waals surface area contributed by atoms with E-state index in [0.29, 0.717) is 6.54 Å². The van der Waals surface area contributed by atoms with Crippen molar-refractivity contribution in [1.82, 2.24) is 25.3 Å². The van der Waals surface area contributed by atoms with Crippen molar-refractivity contribution < 1.29 is 19.1 Å². The molecule has 1 aromatic carbocycles. The average Bonchev–Trinajstić information content (AvgIpc) is 3.26. The third-order valence-electron chi connectivity index (χ3n) is 4.47. The average molecular weight is 453 g/mol. The highest BCUT2D eigenvalue weighted by Crippen LogP contribution is 2.13. The lowest BCUT2D eigenvalue weighted by atomic mass is 10.1. The highest BCUT2D eigenvalue weighted by atomic mass is 16.6. The van der Waals surface area contributed by atoms with Gasteiger partial charge in [-0.1, -0.05) is 23.4 Å². The fourth-order valence-corrected chi connectivity index (χ4v) is 2.96. The van der Waals surface area contributed by atoms with E-state index in [-0.39, 0.29) is 6.42 Å². The Balaban J connectivity index is 1.62. The van der Waals surface area contributed by atoms with Crippen molar-refractivity contribution in [2.45, 2.75) is 45.4 Å². The van der Waals surface area contributed by atoms with Gasteiger partial charge < -0.3 is 20.1 Å². The molecule has 2 N–H and O–H groups in total. The van der Waals surface area contributed by atoms with Crippen LogP contribution in [-0.4, -0.2) is 50.8 Å². The molecular weight excluding hydrogens is 424 g/mol. The summed E-state index contributed by atoms with van der Waals surface area (Å²) in [5.74, 6) is 0.211. The number of anilines is 1. The van der Waals surface area contributed by atoms with Crippen LogP contribution in [0.15, 0.2) is 54.9 Å². The molecule has 3 aromatic rings. The Morgan fingerprint density at radius 1 is 1.12 bits per heavy atom. The Hall–Kier alpha value is -3.95. The summed E-state index contributed by atoms with van der Waals surface area (Å²) in [5, 5.41) is 14.1. The molecule has 0 spiro atoms. The van der Waals surface area contributed by atoms with E-state index in [4.69, 9.17) is 9.47 Å². The maximum absolute atomic E-state index is 12.1. The number of carbonyl (C=O) groups excluding carboxylic acids is 2. The maximum atomic E-state index is 12.1. The van der Waals surface area contributed by atoms with Crippen molar-refractivity contribution in [3.05, 3.63) is 66.1 Å². The molecule has 174 valence electrons. The van der Waals surface area contributed by atoms with Gasteiger partial charge in [0, 0.05) is 12.6 Å². The van der Waals surface area contributed by atoms with Crippen LogP contribution in [0, 0.1) is 0 Å². The van der Waals surface area contributed by atoms with Crippen molar-refractivity contribution in [2.75, 3.05) is 12.4 Å². The number of amides is 1. The molecule has 0 saturated heterocycles. The quantitative estimate of drug-likeness (QED) is 0.501. The van der Waals surface area contributed by atoms with Crippen LogP contribution in [0.2, 0.25) is 0 Å². The molecule has 0 fully saturated rings. The molecule has 2 heterocycles. The number of esters is 1. The third-order valence-corrected chi connectivity index (χ3v) is 4.47. The number of methoxy groups -OCH3 is 1. The van der Waals surface area contributed by atoms with Crippen LogP contribution < -0.4 is 10.6 Å². The largest absolute Gasteiger partial charge is 0.467 e. The molecule has 0 aliphatic rings. The molecule has 0 aliphatic carbocycles. The zero-order chi connectivity index (χ0) is 23.8.